The number of aromatic nitrogens is 4. The molecule has 0 aliphatic carbocycles. The van der Waals surface area contributed by atoms with Crippen LogP contribution < -0.4 is 11.1 Å². The van der Waals surface area contributed by atoms with Crippen molar-refractivity contribution in [1.82, 2.24) is 24.5 Å². The molecular weight excluding hydrogens is 392 g/mol. The SMILES string of the molecule is CN=C(/C(=C/N)OC[C@H]1CCCN1C)c1ccn2nc(Nc3ccnc(C)n3)cc2c1. The first-order valence-corrected chi connectivity index (χ1v) is 10.4. The summed E-state index contributed by atoms with van der Waals surface area (Å²) in [6, 6.07) is 8.13. The summed E-state index contributed by atoms with van der Waals surface area (Å²) in [6.45, 7) is 3.55. The number of nitrogens with one attached hydrogen (secondary N) is 1. The number of ether oxygens (including phenoxy) is 1. The Bertz CT molecular complexity index is 1120. The molecule has 1 aliphatic rings. The van der Waals surface area contributed by atoms with Gasteiger partial charge in [0.25, 0.3) is 0 Å². The molecule has 1 saturated heterocycles. The minimum Gasteiger partial charge on any atom is -0.488 e. The molecule has 0 spiro atoms. The monoisotopic (exact) mass is 420 g/mol. The molecule has 0 amide bonds. The maximum Gasteiger partial charge on any atom is 0.160 e. The van der Waals surface area contributed by atoms with Crippen molar-refractivity contribution in [2.45, 2.75) is 25.8 Å². The molecule has 3 aromatic heterocycles. The zero-order chi connectivity index (χ0) is 21.8. The Kier molecular flexibility index (Phi) is 6.13. The molecule has 1 aliphatic heterocycles. The van der Waals surface area contributed by atoms with Crippen LogP contribution in [0.25, 0.3) is 5.52 Å². The molecule has 0 saturated carbocycles. The first kappa shape index (κ1) is 20.8. The van der Waals surface area contributed by atoms with Gasteiger partial charge in [-0.25, -0.2) is 14.5 Å². The summed E-state index contributed by atoms with van der Waals surface area (Å²) in [6.07, 6.45) is 7.43. The molecule has 3 aromatic rings. The summed E-state index contributed by atoms with van der Waals surface area (Å²) in [5.41, 5.74) is 8.44. The van der Waals surface area contributed by atoms with Gasteiger partial charge in [0, 0.05) is 43.3 Å². The molecule has 4 heterocycles. The van der Waals surface area contributed by atoms with E-state index in [1.165, 1.54) is 12.6 Å². The Balaban J connectivity index is 1.52. The van der Waals surface area contributed by atoms with Gasteiger partial charge in [0.1, 0.15) is 24.0 Å². The molecule has 162 valence electrons. The van der Waals surface area contributed by atoms with Gasteiger partial charge in [-0.1, -0.05) is 0 Å². The number of pyridine rings is 1. The molecule has 1 atom stereocenters. The predicted octanol–water partition coefficient (Wildman–Crippen LogP) is 2.51. The number of nitrogens with two attached hydrogens (primary N) is 1. The van der Waals surface area contributed by atoms with E-state index in [1.807, 2.05) is 37.4 Å². The second-order valence-electron chi connectivity index (χ2n) is 7.62. The van der Waals surface area contributed by atoms with E-state index in [-0.39, 0.29) is 0 Å². The van der Waals surface area contributed by atoms with E-state index in [1.54, 1.807) is 17.8 Å². The average molecular weight is 421 g/mol. The van der Waals surface area contributed by atoms with Crippen LogP contribution in [-0.2, 0) is 4.74 Å². The van der Waals surface area contributed by atoms with Gasteiger partial charge >= 0.3 is 0 Å². The van der Waals surface area contributed by atoms with Gasteiger partial charge in [-0.15, -0.1) is 0 Å². The number of rotatable bonds is 7. The van der Waals surface area contributed by atoms with E-state index in [9.17, 15) is 0 Å². The van der Waals surface area contributed by atoms with Gasteiger partial charge < -0.3 is 20.7 Å². The predicted molar refractivity (Wildman–Crippen MR) is 122 cm³/mol. The topological polar surface area (TPSA) is 106 Å². The largest absolute Gasteiger partial charge is 0.488 e. The molecular formula is C22H28N8O. The quantitative estimate of drug-likeness (QED) is 0.447. The second kappa shape index (κ2) is 9.13. The number of anilines is 2. The van der Waals surface area contributed by atoms with Crippen molar-refractivity contribution in [2.24, 2.45) is 10.7 Å². The first-order valence-electron chi connectivity index (χ1n) is 10.4. The Labute approximate surface area is 181 Å². The number of fused-ring (bicyclic) bond motifs is 1. The number of aryl methyl sites for hydroxylation is 1. The van der Waals surface area contributed by atoms with E-state index in [0.717, 1.165) is 24.0 Å². The van der Waals surface area contributed by atoms with Crippen LogP contribution in [0.2, 0.25) is 0 Å². The smallest absolute Gasteiger partial charge is 0.160 e. The number of hydrogen-bond acceptors (Lipinski definition) is 8. The van der Waals surface area contributed by atoms with Crippen molar-refractivity contribution in [3.63, 3.8) is 0 Å². The molecule has 31 heavy (non-hydrogen) atoms. The minimum absolute atomic E-state index is 0.407. The second-order valence-corrected chi connectivity index (χ2v) is 7.62. The Hall–Kier alpha value is -3.46. The van der Waals surface area contributed by atoms with E-state index in [0.29, 0.717) is 41.6 Å². The van der Waals surface area contributed by atoms with Gasteiger partial charge in [0.2, 0.25) is 0 Å². The molecule has 1 fully saturated rings. The van der Waals surface area contributed by atoms with E-state index < -0.39 is 0 Å². The fourth-order valence-corrected chi connectivity index (χ4v) is 3.81. The third-order valence-electron chi connectivity index (χ3n) is 5.48. The van der Waals surface area contributed by atoms with Crippen LogP contribution >= 0.6 is 0 Å². The van der Waals surface area contributed by atoms with Gasteiger partial charge in [-0.2, -0.15) is 5.10 Å². The Morgan fingerprint density at radius 2 is 2.23 bits per heavy atom. The average Bonchev–Trinajstić information content (AvgIpc) is 3.35. The van der Waals surface area contributed by atoms with Crippen molar-refractivity contribution >= 4 is 22.9 Å². The minimum atomic E-state index is 0.407. The lowest BCUT2D eigenvalue weighted by Gasteiger charge is -2.21. The maximum atomic E-state index is 6.08. The van der Waals surface area contributed by atoms with Crippen LogP contribution in [0, 0.1) is 6.92 Å². The highest BCUT2D eigenvalue weighted by Gasteiger charge is 2.22. The van der Waals surface area contributed by atoms with Crippen LogP contribution in [0.1, 0.15) is 24.2 Å². The van der Waals surface area contributed by atoms with Crippen LogP contribution in [0.5, 0.6) is 0 Å². The fraction of sp³-hybridized carbons (Fsp3) is 0.364. The molecule has 9 heteroatoms. The number of likely N-dealkylation sites (N-methyl/N-ethyl adjacent to an activating group) is 1. The third kappa shape index (κ3) is 4.66. The lowest BCUT2D eigenvalue weighted by atomic mass is 10.1. The van der Waals surface area contributed by atoms with Crippen LogP contribution in [0.15, 0.2) is 53.6 Å². The van der Waals surface area contributed by atoms with Crippen molar-refractivity contribution in [3.05, 3.63) is 60.0 Å². The first-order chi connectivity index (χ1) is 15.1. The summed E-state index contributed by atoms with van der Waals surface area (Å²) in [7, 11) is 3.87. The summed E-state index contributed by atoms with van der Waals surface area (Å²) in [4.78, 5) is 15.2. The highest BCUT2D eigenvalue weighted by Crippen LogP contribution is 2.20. The third-order valence-corrected chi connectivity index (χ3v) is 5.48. The summed E-state index contributed by atoms with van der Waals surface area (Å²) in [5, 5.41) is 7.77. The molecule has 3 N–H and O–H groups in total. The van der Waals surface area contributed by atoms with E-state index in [4.69, 9.17) is 10.5 Å². The molecule has 0 radical (unpaired) electrons. The van der Waals surface area contributed by atoms with Crippen LogP contribution in [0.3, 0.4) is 0 Å². The van der Waals surface area contributed by atoms with Crippen molar-refractivity contribution < 1.29 is 4.74 Å². The molecule has 9 nitrogen and oxygen atoms in total. The zero-order valence-corrected chi connectivity index (χ0v) is 18.1. The number of hydrogen-bond donors (Lipinski definition) is 2. The normalized spacial score (nSPS) is 18.0. The van der Waals surface area contributed by atoms with Crippen LogP contribution in [0.4, 0.5) is 11.6 Å². The van der Waals surface area contributed by atoms with Crippen LogP contribution in [-0.4, -0.2) is 63.5 Å². The standard InChI is InChI=1S/C22H28N8O/c1-15-25-8-6-20(26-15)27-21-12-18-11-16(7-10-30(18)28-21)22(24-2)19(13-23)31-14-17-5-4-9-29(17)3/h6-8,10-13,17H,4-5,9,14,23H2,1-3H3,(H,25,26,27,28)/b19-13-,24-22?/t17-/m1/s1. The molecule has 0 bridgehead atoms. The molecule has 0 unspecified atom stereocenters. The lowest BCUT2D eigenvalue weighted by Crippen LogP contribution is -2.30. The number of nitrogens with zero attached hydrogens (tertiary/aromatic N) is 6. The molecule has 0 aromatic carbocycles. The summed E-state index contributed by atoms with van der Waals surface area (Å²) < 4.78 is 7.87. The van der Waals surface area contributed by atoms with Gasteiger partial charge in [0.05, 0.1) is 5.52 Å². The lowest BCUT2D eigenvalue weighted by molar-refractivity contribution is 0.150. The van der Waals surface area contributed by atoms with Gasteiger partial charge in [0.15, 0.2) is 11.6 Å². The van der Waals surface area contributed by atoms with E-state index in [2.05, 4.69) is 37.3 Å². The Morgan fingerprint density at radius 3 is 2.94 bits per heavy atom. The number of allylic oxidation sites excluding steroid dienone is 1. The fourth-order valence-electron chi connectivity index (χ4n) is 3.81. The Morgan fingerprint density at radius 1 is 1.35 bits per heavy atom. The summed E-state index contributed by atoms with van der Waals surface area (Å²) >= 11 is 0. The highest BCUT2D eigenvalue weighted by atomic mass is 16.5. The van der Waals surface area contributed by atoms with Crippen molar-refractivity contribution in [1.29, 1.82) is 0 Å². The highest BCUT2D eigenvalue weighted by molar-refractivity contribution is 6.11. The maximum absolute atomic E-state index is 6.08. The molecule has 4 rings (SSSR count). The van der Waals surface area contributed by atoms with Gasteiger partial charge in [-0.05, 0) is 51.6 Å². The van der Waals surface area contributed by atoms with Gasteiger partial charge in [-0.3, -0.25) is 4.99 Å². The van der Waals surface area contributed by atoms with Crippen molar-refractivity contribution in [3.8, 4) is 0 Å². The van der Waals surface area contributed by atoms with E-state index >= 15 is 0 Å². The number of likely N-dealkylation sites (tertiary alicyclic amines) is 1. The summed E-state index contributed by atoms with van der Waals surface area (Å²) in [5.74, 6) is 2.68. The zero-order valence-electron chi connectivity index (χ0n) is 18.1. The van der Waals surface area contributed by atoms with Crippen molar-refractivity contribution in [2.75, 3.05) is 32.6 Å². The number of aliphatic imine (C=N–C) groups is 1.